The number of hydrogen-bond acceptors (Lipinski definition) is 6. The molecule has 7 nitrogen and oxygen atoms in total. The molecule has 2 aromatic carbocycles. The van der Waals surface area contributed by atoms with Gasteiger partial charge in [-0.2, -0.15) is 0 Å². The van der Waals surface area contributed by atoms with E-state index < -0.39 is 12.2 Å². The number of cyclic esters (lactones) is 1. The van der Waals surface area contributed by atoms with Gasteiger partial charge in [-0.25, -0.2) is 13.9 Å². The van der Waals surface area contributed by atoms with Gasteiger partial charge >= 0.3 is 6.09 Å². The first-order chi connectivity index (χ1) is 13.1. The van der Waals surface area contributed by atoms with E-state index >= 15 is 0 Å². The third kappa shape index (κ3) is 3.63. The van der Waals surface area contributed by atoms with Crippen LogP contribution in [0.1, 0.15) is 0 Å². The second-order valence-corrected chi connectivity index (χ2v) is 6.92. The maximum absolute atomic E-state index is 14.7. The molecule has 2 heterocycles. The normalized spacial score (nSPS) is 16.6. The van der Waals surface area contributed by atoms with Gasteiger partial charge in [-0.05, 0) is 52.6 Å². The van der Waals surface area contributed by atoms with Gasteiger partial charge in [0.05, 0.1) is 18.8 Å². The predicted octanol–water partition coefficient (Wildman–Crippen LogP) is 3.23. The SMILES string of the molecule is CSc1ccc(-c2ccc(N3CC(Cn4cnnn4)OC3=O)cc2F)cc1. The number of aromatic nitrogens is 4. The summed E-state index contributed by atoms with van der Waals surface area (Å²) in [6, 6.07) is 12.4. The van der Waals surface area contributed by atoms with Crippen molar-refractivity contribution in [2.45, 2.75) is 17.5 Å². The van der Waals surface area contributed by atoms with E-state index in [4.69, 9.17) is 4.74 Å². The molecule has 1 aliphatic heterocycles. The Kier molecular flexibility index (Phi) is 4.76. The number of ether oxygens (including phenoxy) is 1. The number of nitrogens with zero attached hydrogens (tertiary/aromatic N) is 5. The van der Waals surface area contributed by atoms with Crippen molar-refractivity contribution in [2.75, 3.05) is 17.7 Å². The molecule has 0 bridgehead atoms. The minimum atomic E-state index is -0.510. The molecule has 1 saturated heterocycles. The van der Waals surface area contributed by atoms with Crippen molar-refractivity contribution in [3.05, 3.63) is 54.6 Å². The van der Waals surface area contributed by atoms with E-state index in [1.165, 1.54) is 22.0 Å². The Labute approximate surface area is 159 Å². The molecular weight excluding hydrogens is 369 g/mol. The highest BCUT2D eigenvalue weighted by atomic mass is 32.2. The molecule has 1 aromatic heterocycles. The highest BCUT2D eigenvalue weighted by molar-refractivity contribution is 7.98. The van der Waals surface area contributed by atoms with Crippen LogP contribution in [0.3, 0.4) is 0 Å². The van der Waals surface area contributed by atoms with E-state index in [1.54, 1.807) is 23.9 Å². The van der Waals surface area contributed by atoms with Crippen molar-refractivity contribution < 1.29 is 13.9 Å². The summed E-state index contributed by atoms with van der Waals surface area (Å²) in [6.45, 7) is 0.650. The van der Waals surface area contributed by atoms with Gasteiger partial charge in [0, 0.05) is 10.5 Å². The van der Waals surface area contributed by atoms with Crippen LogP contribution in [0, 0.1) is 5.82 Å². The van der Waals surface area contributed by atoms with Crippen LogP contribution in [0.4, 0.5) is 14.9 Å². The van der Waals surface area contributed by atoms with E-state index in [9.17, 15) is 9.18 Å². The summed E-state index contributed by atoms with van der Waals surface area (Å²) in [4.78, 5) is 14.7. The van der Waals surface area contributed by atoms with Crippen LogP contribution in [0.2, 0.25) is 0 Å². The van der Waals surface area contributed by atoms with Crippen molar-refractivity contribution in [1.82, 2.24) is 20.2 Å². The average molecular weight is 385 g/mol. The summed E-state index contributed by atoms with van der Waals surface area (Å²) in [5.41, 5.74) is 1.74. The molecule has 0 aliphatic carbocycles. The molecular formula is C18H16FN5O2S. The van der Waals surface area contributed by atoms with Crippen LogP contribution in [0.5, 0.6) is 0 Å². The molecule has 3 aromatic rings. The number of thioether (sulfide) groups is 1. The van der Waals surface area contributed by atoms with Crippen molar-refractivity contribution in [1.29, 1.82) is 0 Å². The van der Waals surface area contributed by atoms with Gasteiger partial charge in [-0.3, -0.25) is 4.90 Å². The molecule has 138 valence electrons. The Morgan fingerprint density at radius 1 is 1.26 bits per heavy atom. The quantitative estimate of drug-likeness (QED) is 0.628. The van der Waals surface area contributed by atoms with Crippen molar-refractivity contribution in [3.63, 3.8) is 0 Å². The Balaban J connectivity index is 1.52. The van der Waals surface area contributed by atoms with Gasteiger partial charge in [0.2, 0.25) is 0 Å². The van der Waals surface area contributed by atoms with Crippen LogP contribution in [-0.4, -0.2) is 45.2 Å². The lowest BCUT2D eigenvalue weighted by molar-refractivity contribution is 0.129. The molecule has 1 amide bonds. The molecule has 9 heteroatoms. The number of amides is 1. The first-order valence-electron chi connectivity index (χ1n) is 8.27. The minimum Gasteiger partial charge on any atom is -0.442 e. The maximum atomic E-state index is 14.7. The summed E-state index contributed by atoms with van der Waals surface area (Å²) in [5, 5.41) is 10.9. The van der Waals surface area contributed by atoms with E-state index in [-0.39, 0.29) is 5.82 Å². The summed E-state index contributed by atoms with van der Waals surface area (Å²) >= 11 is 1.63. The molecule has 1 atom stereocenters. The number of halogens is 1. The zero-order valence-electron chi connectivity index (χ0n) is 14.4. The molecule has 1 unspecified atom stereocenters. The number of benzene rings is 2. The Morgan fingerprint density at radius 3 is 2.74 bits per heavy atom. The highest BCUT2D eigenvalue weighted by Gasteiger charge is 2.33. The third-order valence-electron chi connectivity index (χ3n) is 4.32. The first-order valence-corrected chi connectivity index (χ1v) is 9.49. The fourth-order valence-corrected chi connectivity index (χ4v) is 3.38. The molecule has 4 rings (SSSR count). The number of anilines is 1. The van der Waals surface area contributed by atoms with E-state index in [2.05, 4.69) is 15.5 Å². The van der Waals surface area contributed by atoms with Crippen LogP contribution in [0.25, 0.3) is 11.1 Å². The second-order valence-electron chi connectivity index (χ2n) is 6.04. The van der Waals surface area contributed by atoms with Gasteiger partial charge in [-0.15, -0.1) is 16.9 Å². The maximum Gasteiger partial charge on any atom is 0.414 e. The lowest BCUT2D eigenvalue weighted by Gasteiger charge is -2.14. The standard InChI is InChI=1S/C18H16FN5O2S/c1-27-15-5-2-12(3-6-15)16-7-4-13(8-17(16)19)24-10-14(26-18(24)25)9-23-11-20-21-22-23/h2-8,11,14H,9-10H2,1H3. The third-order valence-corrected chi connectivity index (χ3v) is 5.07. The molecule has 0 saturated carbocycles. The lowest BCUT2D eigenvalue weighted by atomic mass is 10.0. The average Bonchev–Trinajstić information content (AvgIpc) is 3.31. The zero-order valence-corrected chi connectivity index (χ0v) is 15.3. The Bertz CT molecular complexity index is 949. The smallest absolute Gasteiger partial charge is 0.414 e. The molecule has 27 heavy (non-hydrogen) atoms. The van der Waals surface area contributed by atoms with Crippen molar-refractivity contribution >= 4 is 23.5 Å². The molecule has 1 fully saturated rings. The predicted molar refractivity (Wildman–Crippen MR) is 99.0 cm³/mol. The van der Waals surface area contributed by atoms with Crippen LogP contribution in [-0.2, 0) is 11.3 Å². The topological polar surface area (TPSA) is 73.1 Å². The van der Waals surface area contributed by atoms with E-state index in [0.717, 1.165) is 10.5 Å². The molecule has 0 radical (unpaired) electrons. The van der Waals surface area contributed by atoms with Crippen molar-refractivity contribution in [3.8, 4) is 11.1 Å². The monoisotopic (exact) mass is 385 g/mol. The minimum absolute atomic E-state index is 0.305. The molecule has 0 N–H and O–H groups in total. The van der Waals surface area contributed by atoms with Gasteiger partial charge in [0.25, 0.3) is 0 Å². The largest absolute Gasteiger partial charge is 0.442 e. The number of carbonyl (C=O) groups is 1. The van der Waals surface area contributed by atoms with Crippen LogP contribution in [0.15, 0.2) is 53.7 Å². The van der Waals surface area contributed by atoms with Crippen molar-refractivity contribution in [2.24, 2.45) is 0 Å². The number of tetrazole rings is 1. The second kappa shape index (κ2) is 7.36. The molecule has 1 aliphatic rings. The summed E-state index contributed by atoms with van der Waals surface area (Å²) in [6.07, 6.45) is 2.53. The lowest BCUT2D eigenvalue weighted by Crippen LogP contribution is -2.26. The zero-order chi connectivity index (χ0) is 18.8. The fraction of sp³-hybridized carbons (Fsp3) is 0.222. The Hall–Kier alpha value is -2.94. The number of carbonyl (C=O) groups excluding carboxylic acids is 1. The number of hydrogen-bond donors (Lipinski definition) is 0. The first kappa shape index (κ1) is 17.5. The molecule has 0 spiro atoms. The highest BCUT2D eigenvalue weighted by Crippen LogP contribution is 2.30. The van der Waals surface area contributed by atoms with E-state index in [0.29, 0.717) is 24.3 Å². The van der Waals surface area contributed by atoms with Gasteiger partial charge in [0.15, 0.2) is 0 Å². The van der Waals surface area contributed by atoms with Gasteiger partial charge < -0.3 is 4.74 Å². The fourth-order valence-electron chi connectivity index (χ4n) is 2.98. The Morgan fingerprint density at radius 2 is 2.07 bits per heavy atom. The number of rotatable bonds is 5. The summed E-state index contributed by atoms with van der Waals surface area (Å²) in [5.74, 6) is -0.388. The summed E-state index contributed by atoms with van der Waals surface area (Å²) < 4.78 is 21.5. The van der Waals surface area contributed by atoms with Crippen LogP contribution >= 0.6 is 11.8 Å². The van der Waals surface area contributed by atoms with Gasteiger partial charge in [-0.1, -0.05) is 12.1 Å². The van der Waals surface area contributed by atoms with Gasteiger partial charge in [0.1, 0.15) is 18.2 Å². The van der Waals surface area contributed by atoms with Crippen LogP contribution < -0.4 is 4.90 Å². The van der Waals surface area contributed by atoms with E-state index in [1.807, 2.05) is 30.5 Å². The summed E-state index contributed by atoms with van der Waals surface area (Å²) in [7, 11) is 0.